The maximum atomic E-state index is 12.2. The highest BCUT2D eigenvalue weighted by atomic mass is 32.2. The lowest BCUT2D eigenvalue weighted by atomic mass is 10.1. The molecule has 0 spiro atoms. The molecule has 1 aliphatic heterocycles. The molecule has 5 nitrogen and oxygen atoms in total. The second kappa shape index (κ2) is 5.29. The Balaban J connectivity index is 2.69. The highest BCUT2D eigenvalue weighted by molar-refractivity contribution is 7.87. The summed E-state index contributed by atoms with van der Waals surface area (Å²) in [5, 5.41) is 2.88. The molecule has 1 N–H and O–H groups in total. The van der Waals surface area contributed by atoms with Crippen molar-refractivity contribution in [3.05, 3.63) is 11.8 Å². The van der Waals surface area contributed by atoms with Gasteiger partial charge in [-0.3, -0.25) is 5.32 Å². The van der Waals surface area contributed by atoms with Crippen molar-refractivity contribution in [2.45, 2.75) is 44.5 Å². The zero-order valence-electron chi connectivity index (χ0n) is 10.7. The molecule has 0 radical (unpaired) electrons. The Morgan fingerprint density at radius 1 is 1.32 bits per heavy atom. The van der Waals surface area contributed by atoms with Gasteiger partial charge in [-0.1, -0.05) is 0 Å². The fourth-order valence-corrected chi connectivity index (χ4v) is 1.92. The Morgan fingerprint density at radius 2 is 1.89 bits per heavy atom. The van der Waals surface area contributed by atoms with Gasteiger partial charge in [0.2, 0.25) is 0 Å². The summed E-state index contributed by atoms with van der Waals surface area (Å²) in [6.07, 6.45) is 0.557. The van der Waals surface area contributed by atoms with Gasteiger partial charge in [0, 0.05) is 13.0 Å². The maximum absolute atomic E-state index is 12.2. The van der Waals surface area contributed by atoms with Crippen molar-refractivity contribution in [1.82, 2.24) is 5.32 Å². The lowest BCUT2D eigenvalue weighted by Crippen LogP contribution is -2.41. The van der Waals surface area contributed by atoms with Crippen LogP contribution in [0, 0.1) is 0 Å². The monoisotopic (exact) mass is 303 g/mol. The Morgan fingerprint density at radius 3 is 2.37 bits per heavy atom. The van der Waals surface area contributed by atoms with E-state index in [9.17, 15) is 21.6 Å². The van der Waals surface area contributed by atoms with Crippen LogP contribution in [0.15, 0.2) is 11.8 Å². The highest BCUT2D eigenvalue weighted by Crippen LogP contribution is 2.28. The third-order valence-electron chi connectivity index (χ3n) is 2.06. The van der Waals surface area contributed by atoms with Crippen molar-refractivity contribution in [2.75, 3.05) is 6.54 Å². The van der Waals surface area contributed by atoms with E-state index in [1.54, 1.807) is 20.8 Å². The Labute approximate surface area is 109 Å². The number of rotatable bonds is 3. The molecule has 112 valence electrons. The van der Waals surface area contributed by atoms with Crippen molar-refractivity contribution >= 4 is 10.1 Å². The van der Waals surface area contributed by atoms with Crippen LogP contribution in [-0.2, 0) is 19.0 Å². The van der Waals surface area contributed by atoms with E-state index in [4.69, 9.17) is 4.74 Å². The summed E-state index contributed by atoms with van der Waals surface area (Å²) in [7, 11) is -5.62. The van der Waals surface area contributed by atoms with Crippen LogP contribution in [0.3, 0.4) is 0 Å². The zero-order chi connectivity index (χ0) is 14.9. The van der Waals surface area contributed by atoms with Crippen molar-refractivity contribution in [3.8, 4) is 0 Å². The highest BCUT2D eigenvalue weighted by Gasteiger charge is 2.49. The van der Waals surface area contributed by atoms with Crippen LogP contribution in [0.4, 0.5) is 13.2 Å². The molecule has 0 aromatic rings. The van der Waals surface area contributed by atoms with Crippen molar-refractivity contribution in [3.63, 3.8) is 0 Å². The van der Waals surface area contributed by atoms with Gasteiger partial charge in [0.1, 0.15) is 12.0 Å². The lowest BCUT2D eigenvalue weighted by molar-refractivity contribution is -0.0794. The molecule has 9 heteroatoms. The summed E-state index contributed by atoms with van der Waals surface area (Å²) >= 11 is 0. The number of hydrogen-bond donors (Lipinski definition) is 1. The van der Waals surface area contributed by atoms with E-state index in [1.807, 2.05) is 0 Å². The van der Waals surface area contributed by atoms with E-state index in [0.29, 0.717) is 0 Å². The van der Waals surface area contributed by atoms with Crippen LogP contribution in [0.1, 0.15) is 27.2 Å². The van der Waals surface area contributed by atoms with E-state index in [2.05, 4.69) is 9.50 Å². The van der Waals surface area contributed by atoms with Crippen LogP contribution in [0.5, 0.6) is 0 Å². The Hall–Kier alpha value is -0.800. The first-order valence-electron chi connectivity index (χ1n) is 5.52. The standard InChI is InChI=1S/C10H16F3NO4S/c1-9(2,3)17-8-6-7(4-5-14-8)18-19(15,16)10(11,12)13/h4,8,14H,5-6H2,1-3H3. The predicted molar refractivity (Wildman–Crippen MR) is 61.4 cm³/mol. The summed E-state index contributed by atoms with van der Waals surface area (Å²) in [6.45, 7) is 5.50. The van der Waals surface area contributed by atoms with E-state index < -0.39 is 27.5 Å². The van der Waals surface area contributed by atoms with Gasteiger partial charge in [-0.15, -0.1) is 0 Å². The number of ether oxygens (including phenoxy) is 1. The molecule has 0 bridgehead atoms. The van der Waals surface area contributed by atoms with Gasteiger partial charge in [0.15, 0.2) is 0 Å². The molecule has 1 aliphatic rings. The van der Waals surface area contributed by atoms with Crippen LogP contribution >= 0.6 is 0 Å². The zero-order valence-corrected chi connectivity index (χ0v) is 11.6. The van der Waals surface area contributed by atoms with E-state index in [-0.39, 0.29) is 18.7 Å². The molecule has 1 unspecified atom stereocenters. The summed E-state index contributed by atoms with van der Waals surface area (Å²) in [5.41, 5.74) is -5.94. The molecule has 0 fully saturated rings. The number of nitrogens with one attached hydrogen (secondary N) is 1. The second-order valence-electron chi connectivity index (χ2n) is 4.98. The largest absolute Gasteiger partial charge is 0.534 e. The van der Waals surface area contributed by atoms with Crippen LogP contribution in [0.25, 0.3) is 0 Å². The quantitative estimate of drug-likeness (QED) is 0.637. The third kappa shape index (κ3) is 5.00. The van der Waals surface area contributed by atoms with Crippen molar-refractivity contribution < 1.29 is 30.5 Å². The van der Waals surface area contributed by atoms with E-state index in [1.165, 1.54) is 6.08 Å². The topological polar surface area (TPSA) is 64.6 Å². The smallest absolute Gasteiger partial charge is 0.381 e. The molecule has 1 rings (SSSR count). The van der Waals surface area contributed by atoms with Gasteiger partial charge in [-0.2, -0.15) is 21.6 Å². The predicted octanol–water partition coefficient (Wildman–Crippen LogP) is 1.87. The lowest BCUT2D eigenvalue weighted by Gasteiger charge is -2.30. The molecular weight excluding hydrogens is 287 g/mol. The normalized spacial score (nSPS) is 22.0. The van der Waals surface area contributed by atoms with Gasteiger partial charge >= 0.3 is 15.6 Å². The molecule has 0 aromatic carbocycles. The fraction of sp³-hybridized carbons (Fsp3) is 0.800. The van der Waals surface area contributed by atoms with Gasteiger partial charge in [-0.05, 0) is 26.8 Å². The number of halogens is 3. The average Bonchev–Trinajstić information content (AvgIpc) is 2.12. The van der Waals surface area contributed by atoms with Crippen molar-refractivity contribution in [2.24, 2.45) is 0 Å². The Bertz CT molecular complexity index is 450. The fourth-order valence-electron chi connectivity index (χ4n) is 1.41. The minimum Gasteiger partial charge on any atom is -0.381 e. The number of hydrogen-bond acceptors (Lipinski definition) is 5. The van der Waals surface area contributed by atoms with Crippen LogP contribution in [0.2, 0.25) is 0 Å². The van der Waals surface area contributed by atoms with Crippen molar-refractivity contribution in [1.29, 1.82) is 0 Å². The molecule has 19 heavy (non-hydrogen) atoms. The van der Waals surface area contributed by atoms with Crippen LogP contribution in [-0.4, -0.2) is 32.3 Å². The van der Waals surface area contributed by atoms with Crippen LogP contribution < -0.4 is 5.32 Å². The molecule has 0 saturated carbocycles. The number of alkyl halides is 3. The molecule has 0 amide bonds. The maximum Gasteiger partial charge on any atom is 0.534 e. The SMILES string of the molecule is CC(C)(C)OC1CC(OS(=O)(=O)C(F)(F)F)=CCN1. The molecule has 0 aliphatic carbocycles. The summed E-state index contributed by atoms with van der Waals surface area (Å²) < 4.78 is 67.8. The van der Waals surface area contributed by atoms with Gasteiger partial charge in [0.05, 0.1) is 5.60 Å². The average molecular weight is 303 g/mol. The van der Waals surface area contributed by atoms with E-state index >= 15 is 0 Å². The first-order chi connectivity index (χ1) is 8.41. The summed E-state index contributed by atoms with van der Waals surface area (Å²) in [4.78, 5) is 0. The third-order valence-corrected chi connectivity index (χ3v) is 3.06. The van der Waals surface area contributed by atoms with E-state index in [0.717, 1.165) is 0 Å². The summed E-state index contributed by atoms with van der Waals surface area (Å²) in [6, 6.07) is 0. The summed E-state index contributed by atoms with van der Waals surface area (Å²) in [5.74, 6) is -0.273. The minimum atomic E-state index is -5.62. The Kier molecular flexibility index (Phi) is 4.53. The second-order valence-corrected chi connectivity index (χ2v) is 6.52. The first-order valence-corrected chi connectivity index (χ1v) is 6.92. The van der Waals surface area contributed by atoms with Gasteiger partial charge in [-0.25, -0.2) is 0 Å². The molecule has 1 heterocycles. The van der Waals surface area contributed by atoms with Gasteiger partial charge in [0.25, 0.3) is 0 Å². The van der Waals surface area contributed by atoms with Gasteiger partial charge < -0.3 is 8.92 Å². The molecular formula is C10H16F3NO4S. The first kappa shape index (κ1) is 16.3. The minimum absolute atomic E-state index is 0.0907. The molecule has 0 aromatic heterocycles. The molecule has 0 saturated heterocycles. The molecule has 1 atom stereocenters.